The number of Topliss-reactive ketones (excluding diaryl/α,β-unsaturated/α-hetero) is 1. The molecule has 55 heavy (non-hydrogen) atoms. The Bertz CT molecular complexity index is 1550. The number of unbranched alkanes of at least 4 members (excludes halogenated alkanes) is 2. The normalized spacial score (nSPS) is 17.1. The van der Waals surface area contributed by atoms with E-state index in [-0.39, 0.29) is 80.5 Å². The van der Waals surface area contributed by atoms with Crippen LogP contribution in [-0.2, 0) is 49.5 Å². The van der Waals surface area contributed by atoms with Crippen LogP contribution in [0.3, 0.4) is 0 Å². The molecule has 0 spiro atoms. The number of carbonyl (C=O) groups is 8. The maximum absolute atomic E-state index is 13.1. The lowest BCUT2D eigenvalue weighted by Gasteiger charge is -2.43. The van der Waals surface area contributed by atoms with Crippen LogP contribution in [0.25, 0.3) is 0 Å². The molecule has 1 unspecified atom stereocenters. The second-order valence-corrected chi connectivity index (χ2v) is 16.7. The van der Waals surface area contributed by atoms with Gasteiger partial charge < -0.3 is 31.3 Å². The van der Waals surface area contributed by atoms with Crippen LogP contribution in [0.1, 0.15) is 98.5 Å². The highest BCUT2D eigenvalue weighted by Gasteiger charge is 2.48. The van der Waals surface area contributed by atoms with Crippen molar-refractivity contribution < 1.29 is 43.1 Å². The van der Waals surface area contributed by atoms with Crippen molar-refractivity contribution in [2.45, 2.75) is 105 Å². The molecule has 15 nitrogen and oxygen atoms in total. The van der Waals surface area contributed by atoms with Gasteiger partial charge in [-0.2, -0.15) is 0 Å². The number of nitrogens with one attached hydrogen (secondary N) is 5. The Kier molecular flexibility index (Phi) is 16.5. The molecule has 1 aromatic carbocycles. The van der Waals surface area contributed by atoms with Gasteiger partial charge in [0.25, 0.3) is 0 Å². The highest BCUT2D eigenvalue weighted by molar-refractivity contribution is 6.03. The third-order valence-electron chi connectivity index (χ3n) is 10.0. The average Bonchev–Trinajstić information content (AvgIpc) is 3.40. The van der Waals surface area contributed by atoms with Crippen LogP contribution in [-0.4, -0.2) is 97.6 Å². The molecule has 2 aliphatic rings. The molecule has 0 aromatic heterocycles. The first-order valence-electron chi connectivity index (χ1n) is 19.2. The molecular formula is C40H60N6O9. The molecular weight excluding hydrogens is 708 g/mol. The monoisotopic (exact) mass is 768 g/mol. The van der Waals surface area contributed by atoms with Gasteiger partial charge in [0, 0.05) is 31.2 Å². The number of hydrogen-bond donors (Lipinski definition) is 5. The highest BCUT2D eigenvalue weighted by atomic mass is 16.5. The van der Waals surface area contributed by atoms with Gasteiger partial charge in [-0.05, 0) is 36.7 Å². The summed E-state index contributed by atoms with van der Waals surface area (Å²) in [5.41, 5.74) is -0.553. The quantitative estimate of drug-likeness (QED) is 0.0702. The zero-order valence-electron chi connectivity index (χ0n) is 33.3. The fraction of sp³-hybridized carbons (Fsp3) is 0.650. The minimum Gasteiger partial charge on any atom is -0.360 e. The summed E-state index contributed by atoms with van der Waals surface area (Å²) in [5, 5.41) is 12.6. The first-order valence-corrected chi connectivity index (χ1v) is 19.2. The van der Waals surface area contributed by atoms with Crippen LogP contribution in [0.2, 0.25) is 0 Å². The lowest BCUT2D eigenvalue weighted by Crippen LogP contribution is -2.52. The molecule has 2 atom stereocenters. The number of hydrogen-bond acceptors (Lipinski definition) is 9. The van der Waals surface area contributed by atoms with E-state index >= 15 is 0 Å². The summed E-state index contributed by atoms with van der Waals surface area (Å²) in [6.07, 6.45) is 4.65. The van der Waals surface area contributed by atoms with Crippen molar-refractivity contribution in [1.29, 1.82) is 0 Å². The maximum atomic E-state index is 13.1. The van der Waals surface area contributed by atoms with Gasteiger partial charge >= 0.3 is 0 Å². The zero-order chi connectivity index (χ0) is 40.8. The van der Waals surface area contributed by atoms with E-state index in [1.54, 1.807) is 24.3 Å². The van der Waals surface area contributed by atoms with Crippen LogP contribution < -0.4 is 26.6 Å². The number of amides is 7. The molecule has 1 aliphatic heterocycles. The van der Waals surface area contributed by atoms with Gasteiger partial charge in [-0.25, -0.2) is 0 Å². The van der Waals surface area contributed by atoms with Crippen LogP contribution in [0.4, 0.5) is 0 Å². The summed E-state index contributed by atoms with van der Waals surface area (Å²) in [6.45, 7) is 10.7. The molecule has 1 aromatic rings. The summed E-state index contributed by atoms with van der Waals surface area (Å²) in [6, 6.07) is 7.91. The largest absolute Gasteiger partial charge is 0.360 e. The van der Waals surface area contributed by atoms with Crippen molar-refractivity contribution in [2.24, 2.45) is 22.2 Å². The number of benzene rings is 1. The minimum absolute atomic E-state index is 0.123. The molecule has 0 radical (unpaired) electrons. The fourth-order valence-corrected chi connectivity index (χ4v) is 6.71. The van der Waals surface area contributed by atoms with Gasteiger partial charge in [0.1, 0.15) is 18.6 Å². The van der Waals surface area contributed by atoms with Gasteiger partial charge in [-0.1, -0.05) is 84.7 Å². The molecule has 2 fully saturated rings. The van der Waals surface area contributed by atoms with Crippen molar-refractivity contribution in [3.63, 3.8) is 0 Å². The highest BCUT2D eigenvalue weighted by Crippen LogP contribution is 2.46. The van der Waals surface area contributed by atoms with Crippen molar-refractivity contribution in [3.8, 4) is 0 Å². The fourth-order valence-electron chi connectivity index (χ4n) is 6.71. The average molecular weight is 769 g/mol. The van der Waals surface area contributed by atoms with Gasteiger partial charge in [-0.3, -0.25) is 43.3 Å². The van der Waals surface area contributed by atoms with E-state index in [1.807, 2.05) is 47.6 Å². The molecule has 1 saturated carbocycles. The van der Waals surface area contributed by atoms with Gasteiger partial charge in [0.2, 0.25) is 41.4 Å². The van der Waals surface area contributed by atoms with Crippen molar-refractivity contribution >= 4 is 47.1 Å². The van der Waals surface area contributed by atoms with E-state index in [0.29, 0.717) is 25.8 Å². The zero-order valence-corrected chi connectivity index (χ0v) is 33.3. The van der Waals surface area contributed by atoms with Gasteiger partial charge in [-0.15, -0.1) is 0 Å². The molecule has 7 amide bonds. The molecule has 1 saturated heterocycles. The van der Waals surface area contributed by atoms with E-state index < -0.39 is 47.0 Å². The van der Waals surface area contributed by atoms with Crippen molar-refractivity contribution in [2.75, 3.05) is 39.5 Å². The Morgan fingerprint density at radius 2 is 1.42 bits per heavy atom. The second-order valence-electron chi connectivity index (χ2n) is 16.7. The summed E-state index contributed by atoms with van der Waals surface area (Å²) >= 11 is 0. The Morgan fingerprint density at radius 1 is 0.800 bits per heavy atom. The smallest absolute Gasteiger partial charge is 0.243 e. The number of ketones is 1. The van der Waals surface area contributed by atoms with Crippen molar-refractivity contribution in [1.82, 2.24) is 31.5 Å². The van der Waals surface area contributed by atoms with E-state index in [9.17, 15) is 38.4 Å². The molecule has 3 rings (SSSR count). The first-order chi connectivity index (χ1) is 25.8. The number of likely N-dealkylation sites (tertiary alicyclic amines) is 1. The van der Waals surface area contributed by atoms with Crippen LogP contribution in [0.15, 0.2) is 30.3 Å². The molecule has 15 heteroatoms. The van der Waals surface area contributed by atoms with Crippen molar-refractivity contribution in [3.05, 3.63) is 35.9 Å². The van der Waals surface area contributed by atoms with Crippen LogP contribution in [0, 0.1) is 22.2 Å². The minimum atomic E-state index is -1.06. The SMILES string of the molecule is CC(C)(C)C(=O)C1(COCNC(=O)CNC(=O)[C@H](Cc2ccccc2)NC(=O)CNC(=O)CNC(=O)CCCCCN2C(=O)CC(C(C)(C)C)C2=O)CCC1. The Hall–Kier alpha value is -4.66. The van der Waals surface area contributed by atoms with Crippen LogP contribution in [0.5, 0.6) is 0 Å². The predicted molar refractivity (Wildman–Crippen MR) is 204 cm³/mol. The van der Waals surface area contributed by atoms with E-state index in [2.05, 4.69) is 26.6 Å². The Labute approximate surface area is 324 Å². The summed E-state index contributed by atoms with van der Waals surface area (Å²) in [4.78, 5) is 102. The number of ether oxygens (including phenoxy) is 1. The molecule has 1 aliphatic carbocycles. The maximum Gasteiger partial charge on any atom is 0.243 e. The van der Waals surface area contributed by atoms with E-state index in [0.717, 1.165) is 24.8 Å². The number of imide groups is 1. The number of nitrogens with zero attached hydrogens (tertiary/aromatic N) is 1. The third-order valence-corrected chi connectivity index (χ3v) is 10.0. The predicted octanol–water partition coefficient (Wildman–Crippen LogP) is 1.92. The topological polar surface area (TPSA) is 209 Å². The second kappa shape index (κ2) is 20.3. The summed E-state index contributed by atoms with van der Waals surface area (Å²) in [7, 11) is 0. The number of carbonyl (C=O) groups excluding carboxylic acids is 8. The number of rotatable bonds is 21. The molecule has 1 heterocycles. The molecule has 304 valence electrons. The summed E-state index contributed by atoms with van der Waals surface area (Å²) < 4.78 is 5.65. The van der Waals surface area contributed by atoms with Gasteiger partial charge in [0.15, 0.2) is 0 Å². The standard InChI is InChI=1S/C40H60N6O9/c1-38(2,3)28-21-34(51)46(36(28)53)19-12-8-11-16-30(47)41-22-31(48)42-24-33(50)45-29(20-27-14-9-7-10-15-27)35(52)43-23-32(49)44-26-55-25-40(17-13-18-40)37(54)39(4,5)6/h7,9-10,14-15,28-29H,8,11-13,16-26H2,1-6H3,(H,41,47)(H,42,48)(H,43,52)(H,44,49)(H,45,50)/t28?,29-/m0/s1. The Balaban J connectivity index is 1.35. The Morgan fingerprint density at radius 3 is 2.02 bits per heavy atom. The van der Waals surface area contributed by atoms with E-state index in [1.165, 1.54) is 4.90 Å². The lowest BCUT2D eigenvalue weighted by atomic mass is 9.61. The lowest BCUT2D eigenvalue weighted by molar-refractivity contribution is -0.148. The van der Waals surface area contributed by atoms with Gasteiger partial charge in [0.05, 0.1) is 37.6 Å². The van der Waals surface area contributed by atoms with E-state index in [4.69, 9.17) is 4.74 Å². The molecule has 0 bridgehead atoms. The summed E-state index contributed by atoms with van der Waals surface area (Å²) in [5.74, 6) is -3.20. The first kappa shape index (κ1) is 44.7. The van der Waals surface area contributed by atoms with Crippen LogP contribution >= 0.6 is 0 Å². The third kappa shape index (κ3) is 14.2. The molecule has 5 N–H and O–H groups in total.